The molecule has 2 fully saturated rings. The summed E-state index contributed by atoms with van der Waals surface area (Å²) >= 11 is 0. The predicted octanol–water partition coefficient (Wildman–Crippen LogP) is 2.14. The van der Waals surface area contributed by atoms with Crippen molar-refractivity contribution in [2.75, 3.05) is 39.5 Å². The molecule has 0 bridgehead atoms. The molecule has 2 saturated heterocycles. The van der Waals surface area contributed by atoms with E-state index in [-0.39, 0.29) is 41.7 Å². The number of nitrogens with zero attached hydrogens (tertiary/aromatic N) is 3. The van der Waals surface area contributed by atoms with Gasteiger partial charge >= 0.3 is 12.1 Å². The molecule has 0 spiro atoms. The second-order valence-corrected chi connectivity index (χ2v) is 7.86. The van der Waals surface area contributed by atoms with E-state index < -0.39 is 12.1 Å². The molecule has 12 heteroatoms. The van der Waals surface area contributed by atoms with Gasteiger partial charge < -0.3 is 24.2 Å². The molecule has 3 heterocycles. The SMILES string of the molecule is O=C(NCC1COCCN1C(=O)C1CCOCC1)c1ccc(-c2noc(C(F)(F)F)n2)cc1. The van der Waals surface area contributed by atoms with Crippen molar-refractivity contribution in [3.8, 4) is 11.4 Å². The average Bonchev–Trinajstić information content (AvgIpc) is 3.34. The van der Waals surface area contributed by atoms with Gasteiger partial charge in [0, 0.05) is 43.3 Å². The molecule has 1 atom stereocenters. The number of ether oxygens (including phenoxy) is 2. The zero-order valence-corrected chi connectivity index (χ0v) is 17.6. The topological polar surface area (TPSA) is 107 Å². The van der Waals surface area contributed by atoms with E-state index >= 15 is 0 Å². The summed E-state index contributed by atoms with van der Waals surface area (Å²) in [4.78, 5) is 30.6. The average molecular weight is 468 g/mol. The molecule has 1 unspecified atom stereocenters. The molecule has 2 amide bonds. The molecule has 0 radical (unpaired) electrons. The highest BCUT2D eigenvalue weighted by molar-refractivity contribution is 5.94. The molecular formula is C21H23F3N4O5. The van der Waals surface area contributed by atoms with Gasteiger partial charge in [-0.25, -0.2) is 0 Å². The standard InChI is InChI=1S/C21H23F3N4O5/c22-21(23,24)20-26-17(27-33-20)13-1-3-14(4-2-13)18(29)25-11-16-12-32-10-7-28(16)19(30)15-5-8-31-9-6-15/h1-4,15-16H,5-12H2,(H,25,29). The van der Waals surface area contributed by atoms with E-state index in [0.717, 1.165) is 0 Å². The number of hydrogen-bond donors (Lipinski definition) is 1. The summed E-state index contributed by atoms with van der Waals surface area (Å²) in [6.07, 6.45) is -3.35. The van der Waals surface area contributed by atoms with Gasteiger partial charge in [0.25, 0.3) is 5.91 Å². The van der Waals surface area contributed by atoms with Crippen molar-refractivity contribution in [3.05, 3.63) is 35.7 Å². The molecule has 2 aliphatic heterocycles. The van der Waals surface area contributed by atoms with Crippen molar-refractivity contribution in [2.24, 2.45) is 5.92 Å². The molecule has 2 aliphatic rings. The number of nitrogens with one attached hydrogen (secondary N) is 1. The summed E-state index contributed by atoms with van der Waals surface area (Å²) in [5.41, 5.74) is 0.581. The van der Waals surface area contributed by atoms with E-state index in [2.05, 4.69) is 20.0 Å². The number of carbonyl (C=O) groups excluding carboxylic acids is 2. The second-order valence-electron chi connectivity index (χ2n) is 7.86. The molecule has 1 aromatic heterocycles. The molecule has 0 saturated carbocycles. The highest BCUT2D eigenvalue weighted by atomic mass is 19.4. The van der Waals surface area contributed by atoms with Crippen LogP contribution in [0.25, 0.3) is 11.4 Å². The third-order valence-corrected chi connectivity index (χ3v) is 5.65. The van der Waals surface area contributed by atoms with Crippen LogP contribution >= 0.6 is 0 Å². The first-order valence-electron chi connectivity index (χ1n) is 10.6. The van der Waals surface area contributed by atoms with Gasteiger partial charge in [0.15, 0.2) is 0 Å². The number of alkyl halides is 3. The Hall–Kier alpha value is -2.99. The van der Waals surface area contributed by atoms with Crippen LogP contribution < -0.4 is 5.32 Å². The third-order valence-electron chi connectivity index (χ3n) is 5.65. The van der Waals surface area contributed by atoms with Crippen LogP contribution in [0.3, 0.4) is 0 Å². The molecule has 9 nitrogen and oxygen atoms in total. The first kappa shape index (κ1) is 23.2. The fraction of sp³-hybridized carbons (Fsp3) is 0.524. The number of hydrogen-bond acceptors (Lipinski definition) is 7. The zero-order valence-electron chi connectivity index (χ0n) is 17.6. The van der Waals surface area contributed by atoms with Gasteiger partial charge in [-0.2, -0.15) is 18.2 Å². The summed E-state index contributed by atoms with van der Waals surface area (Å²) < 4.78 is 52.9. The minimum Gasteiger partial charge on any atom is -0.381 e. The molecule has 2 aromatic rings. The van der Waals surface area contributed by atoms with Gasteiger partial charge in [0.2, 0.25) is 11.7 Å². The first-order chi connectivity index (χ1) is 15.8. The Morgan fingerprint density at radius 1 is 1.09 bits per heavy atom. The van der Waals surface area contributed by atoms with Crippen LogP contribution in [0.15, 0.2) is 28.8 Å². The lowest BCUT2D eigenvalue weighted by atomic mass is 9.97. The number of amides is 2. The van der Waals surface area contributed by atoms with Crippen LogP contribution in [0, 0.1) is 5.92 Å². The lowest BCUT2D eigenvalue weighted by molar-refractivity contribution is -0.159. The molecule has 1 N–H and O–H groups in total. The van der Waals surface area contributed by atoms with Gasteiger partial charge in [-0.05, 0) is 25.0 Å². The lowest BCUT2D eigenvalue weighted by Crippen LogP contribution is -2.55. The van der Waals surface area contributed by atoms with Crippen LogP contribution in [0.1, 0.15) is 29.1 Å². The van der Waals surface area contributed by atoms with Gasteiger partial charge in [0.1, 0.15) is 0 Å². The first-order valence-corrected chi connectivity index (χ1v) is 10.6. The molecule has 33 heavy (non-hydrogen) atoms. The van der Waals surface area contributed by atoms with Crippen LogP contribution in [-0.2, 0) is 20.4 Å². The third kappa shape index (κ3) is 5.50. The Balaban J connectivity index is 1.35. The number of rotatable bonds is 5. The number of halogens is 3. The van der Waals surface area contributed by atoms with E-state index in [4.69, 9.17) is 9.47 Å². The maximum atomic E-state index is 12.9. The van der Waals surface area contributed by atoms with E-state index in [1.807, 2.05) is 0 Å². The Labute approximate surface area is 187 Å². The second kappa shape index (κ2) is 9.87. The predicted molar refractivity (Wildman–Crippen MR) is 107 cm³/mol. The van der Waals surface area contributed by atoms with Gasteiger partial charge in [0.05, 0.1) is 19.3 Å². The van der Waals surface area contributed by atoms with Gasteiger partial charge in [-0.3, -0.25) is 9.59 Å². The zero-order chi connectivity index (χ0) is 23.4. The lowest BCUT2D eigenvalue weighted by Gasteiger charge is -2.38. The maximum Gasteiger partial charge on any atom is 0.471 e. The smallest absolute Gasteiger partial charge is 0.381 e. The summed E-state index contributed by atoms with van der Waals surface area (Å²) in [5.74, 6) is -2.06. The molecular weight excluding hydrogens is 445 g/mol. The van der Waals surface area contributed by atoms with Crippen LogP contribution in [0.2, 0.25) is 0 Å². The van der Waals surface area contributed by atoms with Crippen LogP contribution in [0.4, 0.5) is 13.2 Å². The number of benzene rings is 1. The summed E-state index contributed by atoms with van der Waals surface area (Å²) in [7, 11) is 0. The van der Waals surface area contributed by atoms with Gasteiger partial charge in [-0.1, -0.05) is 17.3 Å². The fourth-order valence-corrected chi connectivity index (χ4v) is 3.83. The summed E-state index contributed by atoms with van der Waals surface area (Å²) in [6.45, 7) is 2.60. The quantitative estimate of drug-likeness (QED) is 0.717. The normalized spacial score (nSPS) is 20.0. The maximum absolute atomic E-state index is 12.9. The minimum atomic E-state index is -4.73. The molecule has 178 valence electrons. The fourth-order valence-electron chi connectivity index (χ4n) is 3.83. The summed E-state index contributed by atoms with van der Waals surface area (Å²) in [5, 5.41) is 6.13. The Morgan fingerprint density at radius 3 is 2.48 bits per heavy atom. The van der Waals surface area contributed by atoms with Crippen molar-refractivity contribution in [2.45, 2.75) is 25.1 Å². The summed E-state index contributed by atoms with van der Waals surface area (Å²) in [6, 6.07) is 5.50. The molecule has 1 aromatic carbocycles. The van der Waals surface area contributed by atoms with Crippen molar-refractivity contribution in [1.29, 1.82) is 0 Å². The van der Waals surface area contributed by atoms with Crippen molar-refractivity contribution >= 4 is 11.8 Å². The Kier molecular flexibility index (Phi) is 6.94. The van der Waals surface area contributed by atoms with E-state index in [1.165, 1.54) is 24.3 Å². The highest BCUT2D eigenvalue weighted by Gasteiger charge is 2.38. The number of morpholine rings is 1. The Bertz CT molecular complexity index is 973. The van der Waals surface area contributed by atoms with Crippen molar-refractivity contribution < 1.29 is 36.8 Å². The van der Waals surface area contributed by atoms with E-state index in [0.29, 0.717) is 51.4 Å². The minimum absolute atomic E-state index is 0.0588. The van der Waals surface area contributed by atoms with Crippen LogP contribution in [0.5, 0.6) is 0 Å². The van der Waals surface area contributed by atoms with Crippen LogP contribution in [-0.4, -0.2) is 72.4 Å². The van der Waals surface area contributed by atoms with E-state index in [9.17, 15) is 22.8 Å². The Morgan fingerprint density at radius 2 is 1.82 bits per heavy atom. The highest BCUT2D eigenvalue weighted by Crippen LogP contribution is 2.29. The monoisotopic (exact) mass is 468 g/mol. The number of carbonyl (C=O) groups is 2. The number of aromatic nitrogens is 2. The van der Waals surface area contributed by atoms with E-state index in [1.54, 1.807) is 4.90 Å². The largest absolute Gasteiger partial charge is 0.471 e. The van der Waals surface area contributed by atoms with Crippen molar-refractivity contribution in [1.82, 2.24) is 20.4 Å². The molecule has 4 rings (SSSR count). The van der Waals surface area contributed by atoms with Crippen molar-refractivity contribution in [3.63, 3.8) is 0 Å². The molecule has 0 aliphatic carbocycles. The van der Waals surface area contributed by atoms with Gasteiger partial charge in [-0.15, -0.1) is 0 Å².